The van der Waals surface area contributed by atoms with Gasteiger partial charge in [-0.25, -0.2) is 0 Å². The van der Waals surface area contributed by atoms with E-state index in [2.05, 4.69) is 48.6 Å². The van der Waals surface area contributed by atoms with Crippen LogP contribution in [0.15, 0.2) is 91.1 Å². The van der Waals surface area contributed by atoms with Crippen LogP contribution in [0.5, 0.6) is 5.75 Å². The summed E-state index contributed by atoms with van der Waals surface area (Å²) in [4.78, 5) is 14.7. The smallest absolute Gasteiger partial charge is 0.260 e. The lowest BCUT2D eigenvalue weighted by atomic mass is 9.67. The van der Waals surface area contributed by atoms with Gasteiger partial charge in [-0.2, -0.15) is 0 Å². The van der Waals surface area contributed by atoms with E-state index in [0.717, 1.165) is 37.2 Å². The quantitative estimate of drug-likeness (QED) is 0.658. The first-order valence-electron chi connectivity index (χ1n) is 10.8. The molecule has 3 nitrogen and oxygen atoms in total. The Balaban J connectivity index is 1.14. The Morgan fingerprint density at radius 1 is 0.900 bits per heavy atom. The van der Waals surface area contributed by atoms with E-state index < -0.39 is 0 Å². The molecule has 3 heteroatoms. The fraction of sp³-hybridized carbons (Fsp3) is 0.296. The minimum atomic E-state index is 0.0783. The molecule has 0 aromatic heterocycles. The molecular formula is C27H27NO2. The Labute approximate surface area is 178 Å². The molecule has 1 saturated heterocycles. The monoisotopic (exact) mass is 397 g/mol. The fourth-order valence-electron chi connectivity index (χ4n) is 5.08. The molecule has 2 aromatic rings. The summed E-state index contributed by atoms with van der Waals surface area (Å²) in [6, 6.07) is 18.2. The van der Waals surface area contributed by atoms with Crippen LogP contribution in [-0.2, 0) is 4.79 Å². The van der Waals surface area contributed by atoms with Gasteiger partial charge in [-0.3, -0.25) is 4.79 Å². The van der Waals surface area contributed by atoms with Gasteiger partial charge in [-0.05, 0) is 47.4 Å². The molecule has 30 heavy (non-hydrogen) atoms. The number of nitrogens with zero attached hydrogens (tertiary/aromatic N) is 1. The van der Waals surface area contributed by atoms with E-state index in [9.17, 15) is 4.79 Å². The fourth-order valence-corrected chi connectivity index (χ4v) is 5.08. The molecule has 2 aromatic carbocycles. The van der Waals surface area contributed by atoms with Crippen molar-refractivity contribution in [1.29, 1.82) is 0 Å². The summed E-state index contributed by atoms with van der Waals surface area (Å²) in [5.74, 6) is 1.89. The van der Waals surface area contributed by atoms with E-state index >= 15 is 0 Å². The summed E-state index contributed by atoms with van der Waals surface area (Å²) in [7, 11) is 0. The lowest BCUT2D eigenvalue weighted by Gasteiger charge is -2.43. The van der Waals surface area contributed by atoms with Crippen LogP contribution in [0.25, 0.3) is 11.1 Å². The minimum Gasteiger partial charge on any atom is -0.484 e. The van der Waals surface area contributed by atoms with Crippen molar-refractivity contribution in [2.75, 3.05) is 19.7 Å². The second kappa shape index (κ2) is 7.98. The Hall–Kier alpha value is -3.07. The van der Waals surface area contributed by atoms with Crippen LogP contribution in [0.3, 0.4) is 0 Å². The maximum absolute atomic E-state index is 12.7. The Morgan fingerprint density at radius 2 is 1.60 bits per heavy atom. The van der Waals surface area contributed by atoms with Crippen molar-refractivity contribution in [1.82, 2.24) is 4.90 Å². The first-order chi connectivity index (χ1) is 14.7. The van der Waals surface area contributed by atoms with Gasteiger partial charge in [0.2, 0.25) is 0 Å². The standard InChI is InChI=1S/C27H27NO2/c29-26(20-30-24-12-10-22(11-13-24)21-6-2-1-3-7-21)28-18-16-27(17-19-28)15-14-23-8-4-5-9-25(23)27/h1-15,23,25H,16-20H2. The van der Waals surface area contributed by atoms with Crippen molar-refractivity contribution >= 4 is 5.91 Å². The van der Waals surface area contributed by atoms with Gasteiger partial charge in [0.25, 0.3) is 5.91 Å². The second-order valence-electron chi connectivity index (χ2n) is 8.53. The highest BCUT2D eigenvalue weighted by molar-refractivity contribution is 5.78. The number of carbonyl (C=O) groups is 1. The van der Waals surface area contributed by atoms with Gasteiger partial charge < -0.3 is 9.64 Å². The Kier molecular flexibility index (Phi) is 5.04. The van der Waals surface area contributed by atoms with Gasteiger partial charge in [-0.1, -0.05) is 78.9 Å². The van der Waals surface area contributed by atoms with Gasteiger partial charge in [0.05, 0.1) is 0 Å². The van der Waals surface area contributed by atoms with Crippen LogP contribution in [-0.4, -0.2) is 30.5 Å². The molecule has 2 unspecified atom stereocenters. The highest BCUT2D eigenvalue weighted by Crippen LogP contribution is 2.50. The molecule has 2 atom stereocenters. The third-order valence-corrected chi connectivity index (χ3v) is 6.86. The van der Waals surface area contributed by atoms with Crippen LogP contribution in [0.2, 0.25) is 0 Å². The van der Waals surface area contributed by atoms with E-state index in [1.165, 1.54) is 5.56 Å². The predicted molar refractivity (Wildman–Crippen MR) is 120 cm³/mol. The SMILES string of the molecule is O=C(COc1ccc(-c2ccccc2)cc1)N1CCC2(C=CC3C=CC=CC32)CC1. The van der Waals surface area contributed by atoms with Gasteiger partial charge >= 0.3 is 0 Å². The highest BCUT2D eigenvalue weighted by atomic mass is 16.5. The zero-order valence-electron chi connectivity index (χ0n) is 17.1. The number of allylic oxidation sites excluding steroid dienone is 6. The number of ether oxygens (including phenoxy) is 1. The summed E-state index contributed by atoms with van der Waals surface area (Å²) < 4.78 is 5.79. The van der Waals surface area contributed by atoms with Crippen molar-refractivity contribution in [3.05, 3.63) is 91.1 Å². The Bertz CT molecular complexity index is 979. The lowest BCUT2D eigenvalue weighted by molar-refractivity contribution is -0.135. The normalized spacial score (nSPS) is 23.5. The third-order valence-electron chi connectivity index (χ3n) is 6.86. The van der Waals surface area contributed by atoms with Crippen molar-refractivity contribution in [2.45, 2.75) is 12.8 Å². The maximum atomic E-state index is 12.7. The maximum Gasteiger partial charge on any atom is 0.260 e. The lowest BCUT2D eigenvalue weighted by Crippen LogP contribution is -2.46. The molecule has 1 amide bonds. The summed E-state index contributed by atoms with van der Waals surface area (Å²) in [5, 5.41) is 0. The van der Waals surface area contributed by atoms with E-state index in [1.54, 1.807) is 0 Å². The zero-order chi connectivity index (χ0) is 20.4. The summed E-state index contributed by atoms with van der Waals surface area (Å²) in [6.07, 6.45) is 15.8. The number of likely N-dealkylation sites (tertiary alicyclic amines) is 1. The van der Waals surface area contributed by atoms with Crippen molar-refractivity contribution in [2.24, 2.45) is 17.3 Å². The van der Waals surface area contributed by atoms with Crippen LogP contribution >= 0.6 is 0 Å². The largest absolute Gasteiger partial charge is 0.484 e. The molecule has 0 saturated carbocycles. The molecule has 5 rings (SSSR count). The second-order valence-corrected chi connectivity index (χ2v) is 8.53. The number of carbonyl (C=O) groups excluding carboxylic acids is 1. The van der Waals surface area contributed by atoms with Gasteiger partial charge in [-0.15, -0.1) is 0 Å². The first kappa shape index (κ1) is 18.9. The van der Waals surface area contributed by atoms with Crippen LogP contribution in [0.4, 0.5) is 0 Å². The molecule has 0 radical (unpaired) electrons. The minimum absolute atomic E-state index is 0.0783. The number of fused-ring (bicyclic) bond motifs is 2. The number of hydrogen-bond donors (Lipinski definition) is 0. The first-order valence-corrected chi connectivity index (χ1v) is 10.8. The van der Waals surface area contributed by atoms with Crippen LogP contribution in [0, 0.1) is 17.3 Å². The zero-order valence-corrected chi connectivity index (χ0v) is 17.1. The number of piperidine rings is 1. The molecule has 1 heterocycles. The highest BCUT2D eigenvalue weighted by Gasteiger charge is 2.45. The number of rotatable bonds is 4. The summed E-state index contributed by atoms with van der Waals surface area (Å²) in [6.45, 7) is 1.71. The number of amides is 1. The molecule has 0 bridgehead atoms. The molecule has 1 spiro atoms. The summed E-state index contributed by atoms with van der Waals surface area (Å²) >= 11 is 0. The molecular weight excluding hydrogens is 370 g/mol. The summed E-state index contributed by atoms with van der Waals surface area (Å²) in [5.41, 5.74) is 2.54. The van der Waals surface area contributed by atoms with E-state index in [4.69, 9.17) is 4.74 Å². The van der Waals surface area contributed by atoms with Crippen molar-refractivity contribution in [3.8, 4) is 16.9 Å². The average Bonchev–Trinajstić information content (AvgIpc) is 3.17. The number of hydrogen-bond acceptors (Lipinski definition) is 2. The van der Waals surface area contributed by atoms with E-state index in [1.807, 2.05) is 47.4 Å². The van der Waals surface area contributed by atoms with Gasteiger partial charge in [0.1, 0.15) is 5.75 Å². The average molecular weight is 398 g/mol. The van der Waals surface area contributed by atoms with Crippen LogP contribution < -0.4 is 4.74 Å². The van der Waals surface area contributed by atoms with Crippen LogP contribution in [0.1, 0.15) is 12.8 Å². The van der Waals surface area contributed by atoms with Gasteiger partial charge in [0, 0.05) is 19.0 Å². The Morgan fingerprint density at radius 3 is 2.37 bits per heavy atom. The van der Waals surface area contributed by atoms with E-state index in [-0.39, 0.29) is 17.9 Å². The van der Waals surface area contributed by atoms with Gasteiger partial charge in [0.15, 0.2) is 6.61 Å². The third kappa shape index (κ3) is 3.60. The van der Waals surface area contributed by atoms with Crippen molar-refractivity contribution < 1.29 is 9.53 Å². The molecule has 2 aliphatic carbocycles. The van der Waals surface area contributed by atoms with E-state index in [0.29, 0.717) is 11.8 Å². The predicted octanol–water partition coefficient (Wildman–Crippen LogP) is 5.27. The molecule has 1 aliphatic heterocycles. The molecule has 3 aliphatic rings. The number of benzene rings is 2. The van der Waals surface area contributed by atoms with Crippen molar-refractivity contribution in [3.63, 3.8) is 0 Å². The topological polar surface area (TPSA) is 29.5 Å². The molecule has 1 fully saturated rings. The molecule has 152 valence electrons. The molecule has 0 N–H and O–H groups in total.